The minimum atomic E-state index is 0.468. The Morgan fingerprint density at radius 2 is 2.12 bits per heavy atom. The molecular weight excluding hydrogens is 214 g/mol. The Hall–Kier alpha value is -0.970. The van der Waals surface area contributed by atoms with Gasteiger partial charge >= 0.3 is 0 Å². The van der Waals surface area contributed by atoms with E-state index < -0.39 is 0 Å². The molecule has 1 saturated carbocycles. The second-order valence-electron chi connectivity index (χ2n) is 5.29. The molecule has 0 amide bonds. The van der Waals surface area contributed by atoms with Crippen LogP contribution in [0.25, 0.3) is 0 Å². The van der Waals surface area contributed by atoms with Crippen molar-refractivity contribution < 1.29 is 0 Å². The maximum absolute atomic E-state index is 4.07. The second kappa shape index (κ2) is 6.10. The maximum Gasteiger partial charge on any atom is 0.165 e. The Kier molecular flexibility index (Phi) is 4.48. The van der Waals surface area contributed by atoms with E-state index in [4.69, 9.17) is 0 Å². The average Bonchev–Trinajstić information content (AvgIpc) is 2.95. The molecule has 0 spiro atoms. The summed E-state index contributed by atoms with van der Waals surface area (Å²) in [4.78, 5) is 0. The van der Waals surface area contributed by atoms with E-state index in [-0.39, 0.29) is 0 Å². The number of tetrazole rings is 1. The molecule has 0 aliphatic heterocycles. The number of nitrogens with zero attached hydrogens (tertiary/aromatic N) is 4. The van der Waals surface area contributed by atoms with E-state index in [1.54, 1.807) is 0 Å². The Morgan fingerprint density at radius 3 is 2.82 bits per heavy atom. The van der Waals surface area contributed by atoms with Gasteiger partial charge in [0.25, 0.3) is 0 Å². The van der Waals surface area contributed by atoms with Crippen LogP contribution in [0.5, 0.6) is 0 Å². The highest BCUT2D eigenvalue weighted by molar-refractivity contribution is 4.81. The summed E-state index contributed by atoms with van der Waals surface area (Å²) in [5.41, 5.74) is 0. The van der Waals surface area contributed by atoms with Gasteiger partial charge in [0.1, 0.15) is 0 Å². The summed E-state index contributed by atoms with van der Waals surface area (Å²) in [6.45, 7) is 5.99. The summed E-state index contributed by atoms with van der Waals surface area (Å²) in [6, 6.07) is 0.468. The third kappa shape index (κ3) is 3.77. The van der Waals surface area contributed by atoms with E-state index in [0.717, 1.165) is 24.8 Å². The van der Waals surface area contributed by atoms with Gasteiger partial charge in [-0.2, -0.15) is 0 Å². The van der Waals surface area contributed by atoms with Gasteiger partial charge in [-0.25, -0.2) is 4.68 Å². The highest BCUT2D eigenvalue weighted by Crippen LogP contribution is 2.27. The third-order valence-corrected chi connectivity index (χ3v) is 3.50. The lowest BCUT2D eigenvalue weighted by molar-refractivity contribution is 0.421. The normalized spacial score (nSPS) is 17.1. The molecule has 2 rings (SSSR count). The molecule has 1 aliphatic rings. The first-order chi connectivity index (χ1) is 8.25. The SMILES string of the molecule is CC(C)NCc1nnnn1CCC1CCCC1. The molecule has 0 radical (unpaired) electrons. The maximum atomic E-state index is 4.07. The fraction of sp³-hybridized carbons (Fsp3) is 0.917. The van der Waals surface area contributed by atoms with E-state index in [1.165, 1.54) is 32.1 Å². The first-order valence-electron chi connectivity index (χ1n) is 6.74. The van der Waals surface area contributed by atoms with Crippen molar-refractivity contribution in [3.8, 4) is 0 Å². The van der Waals surface area contributed by atoms with Crippen molar-refractivity contribution in [2.75, 3.05) is 0 Å². The van der Waals surface area contributed by atoms with Gasteiger partial charge in [-0.1, -0.05) is 39.5 Å². The molecule has 1 heterocycles. The first-order valence-corrected chi connectivity index (χ1v) is 6.74. The predicted molar refractivity (Wildman–Crippen MR) is 66.4 cm³/mol. The number of hydrogen-bond acceptors (Lipinski definition) is 4. The molecule has 1 aromatic heterocycles. The van der Waals surface area contributed by atoms with E-state index >= 15 is 0 Å². The minimum Gasteiger partial charge on any atom is -0.308 e. The fourth-order valence-electron chi connectivity index (χ4n) is 2.42. The van der Waals surface area contributed by atoms with Crippen LogP contribution in [0.1, 0.15) is 51.8 Å². The van der Waals surface area contributed by atoms with Crippen LogP contribution in [0.3, 0.4) is 0 Å². The smallest absolute Gasteiger partial charge is 0.165 e. The van der Waals surface area contributed by atoms with Crippen LogP contribution < -0.4 is 5.32 Å². The van der Waals surface area contributed by atoms with Crippen molar-refractivity contribution in [2.45, 2.75) is 65.1 Å². The topological polar surface area (TPSA) is 55.6 Å². The van der Waals surface area contributed by atoms with Gasteiger partial charge in [0.05, 0.1) is 6.54 Å². The van der Waals surface area contributed by atoms with Crippen LogP contribution >= 0.6 is 0 Å². The Morgan fingerprint density at radius 1 is 1.35 bits per heavy atom. The zero-order valence-corrected chi connectivity index (χ0v) is 10.9. The molecule has 1 N–H and O–H groups in total. The van der Waals surface area contributed by atoms with Gasteiger partial charge in [-0.05, 0) is 22.8 Å². The summed E-state index contributed by atoms with van der Waals surface area (Å²) in [5.74, 6) is 1.85. The van der Waals surface area contributed by atoms with Crippen molar-refractivity contribution in [1.29, 1.82) is 0 Å². The standard InChI is InChI=1S/C12H23N5/c1-10(2)13-9-12-14-15-16-17(12)8-7-11-5-3-4-6-11/h10-11,13H,3-9H2,1-2H3. The van der Waals surface area contributed by atoms with Gasteiger partial charge in [-0.15, -0.1) is 5.10 Å². The molecule has 96 valence electrons. The monoisotopic (exact) mass is 237 g/mol. The molecule has 5 heteroatoms. The molecule has 1 fully saturated rings. The van der Waals surface area contributed by atoms with Crippen LogP contribution in [0.4, 0.5) is 0 Å². The van der Waals surface area contributed by atoms with Gasteiger partial charge < -0.3 is 5.32 Å². The number of aromatic nitrogens is 4. The molecule has 0 aromatic carbocycles. The Balaban J connectivity index is 1.80. The molecule has 0 unspecified atom stereocenters. The number of nitrogens with one attached hydrogen (secondary N) is 1. The molecule has 1 aliphatic carbocycles. The van der Waals surface area contributed by atoms with Gasteiger partial charge in [0.15, 0.2) is 5.82 Å². The summed E-state index contributed by atoms with van der Waals surface area (Å²) >= 11 is 0. The summed E-state index contributed by atoms with van der Waals surface area (Å²) < 4.78 is 1.95. The number of aryl methyl sites for hydroxylation is 1. The van der Waals surface area contributed by atoms with Crippen molar-refractivity contribution in [2.24, 2.45) is 5.92 Å². The molecular formula is C12H23N5. The molecule has 1 aromatic rings. The van der Waals surface area contributed by atoms with Crippen molar-refractivity contribution in [1.82, 2.24) is 25.5 Å². The van der Waals surface area contributed by atoms with E-state index in [1.807, 2.05) is 4.68 Å². The van der Waals surface area contributed by atoms with E-state index in [2.05, 4.69) is 34.7 Å². The largest absolute Gasteiger partial charge is 0.308 e. The van der Waals surface area contributed by atoms with Crippen LogP contribution in [-0.2, 0) is 13.1 Å². The van der Waals surface area contributed by atoms with Crippen molar-refractivity contribution in [3.05, 3.63) is 5.82 Å². The first kappa shape index (κ1) is 12.5. The minimum absolute atomic E-state index is 0.468. The zero-order chi connectivity index (χ0) is 12.1. The Bertz CT molecular complexity index is 327. The zero-order valence-electron chi connectivity index (χ0n) is 10.9. The van der Waals surface area contributed by atoms with E-state index in [9.17, 15) is 0 Å². The van der Waals surface area contributed by atoms with Crippen LogP contribution in [0.2, 0.25) is 0 Å². The average molecular weight is 237 g/mol. The van der Waals surface area contributed by atoms with Gasteiger partial charge in [0.2, 0.25) is 0 Å². The van der Waals surface area contributed by atoms with Crippen molar-refractivity contribution >= 4 is 0 Å². The lowest BCUT2D eigenvalue weighted by atomic mass is 10.0. The number of hydrogen-bond donors (Lipinski definition) is 1. The van der Waals surface area contributed by atoms with Crippen molar-refractivity contribution in [3.63, 3.8) is 0 Å². The predicted octanol–water partition coefficient (Wildman–Crippen LogP) is 1.75. The fourth-order valence-corrected chi connectivity index (χ4v) is 2.42. The van der Waals surface area contributed by atoms with Crippen LogP contribution in [0, 0.1) is 5.92 Å². The van der Waals surface area contributed by atoms with Crippen LogP contribution in [-0.4, -0.2) is 26.2 Å². The molecule has 0 atom stereocenters. The van der Waals surface area contributed by atoms with Crippen LogP contribution in [0.15, 0.2) is 0 Å². The summed E-state index contributed by atoms with van der Waals surface area (Å²) in [7, 11) is 0. The molecule has 0 saturated heterocycles. The van der Waals surface area contributed by atoms with E-state index in [0.29, 0.717) is 6.04 Å². The third-order valence-electron chi connectivity index (χ3n) is 3.50. The molecule has 0 bridgehead atoms. The quantitative estimate of drug-likeness (QED) is 0.819. The summed E-state index contributed by atoms with van der Waals surface area (Å²) in [6.07, 6.45) is 6.81. The number of rotatable bonds is 6. The molecule has 5 nitrogen and oxygen atoms in total. The van der Waals surface area contributed by atoms with Gasteiger partial charge in [-0.3, -0.25) is 0 Å². The van der Waals surface area contributed by atoms with Gasteiger partial charge in [0, 0.05) is 12.6 Å². The lowest BCUT2D eigenvalue weighted by Crippen LogP contribution is -2.24. The molecule has 17 heavy (non-hydrogen) atoms. The Labute approximate surface area is 103 Å². The second-order valence-corrected chi connectivity index (χ2v) is 5.29. The summed E-state index contributed by atoms with van der Waals surface area (Å²) in [5, 5.41) is 15.3. The highest BCUT2D eigenvalue weighted by atomic mass is 15.5. The lowest BCUT2D eigenvalue weighted by Gasteiger charge is -2.10. The highest BCUT2D eigenvalue weighted by Gasteiger charge is 2.16.